The van der Waals surface area contributed by atoms with Crippen LogP contribution in [-0.2, 0) is 4.79 Å². The highest BCUT2D eigenvalue weighted by Gasteiger charge is 2.25. The lowest BCUT2D eigenvalue weighted by Crippen LogP contribution is -2.27. The molecule has 18 heavy (non-hydrogen) atoms. The van der Waals surface area contributed by atoms with Gasteiger partial charge in [-0.25, -0.2) is 0 Å². The fourth-order valence-corrected chi connectivity index (χ4v) is 2.29. The van der Waals surface area contributed by atoms with Gasteiger partial charge in [0.05, 0.1) is 18.7 Å². The van der Waals surface area contributed by atoms with Gasteiger partial charge in [-0.3, -0.25) is 4.79 Å². The van der Waals surface area contributed by atoms with Crippen molar-refractivity contribution in [1.82, 2.24) is 0 Å². The van der Waals surface area contributed by atoms with E-state index in [4.69, 9.17) is 4.74 Å². The van der Waals surface area contributed by atoms with Crippen LogP contribution in [0.3, 0.4) is 0 Å². The predicted octanol–water partition coefficient (Wildman–Crippen LogP) is 2.72. The molecule has 2 N–H and O–H groups in total. The Morgan fingerprint density at radius 3 is 2.89 bits per heavy atom. The lowest BCUT2D eigenvalue weighted by atomic mass is 9.96. The van der Waals surface area contributed by atoms with E-state index in [1.165, 1.54) is 0 Å². The van der Waals surface area contributed by atoms with Crippen LogP contribution in [0.25, 0.3) is 0 Å². The standard InChI is InChI=1S/C14H20N2O2/c1-9(2)7-10-8-15-11-5-4-6-12(18-3)13(11)16-14(10)17/h4-6,9-10,15H,7-8H2,1-3H3,(H,16,17). The number of carbonyl (C=O) groups is 1. The van der Waals surface area contributed by atoms with E-state index in [1.54, 1.807) is 7.11 Å². The lowest BCUT2D eigenvalue weighted by molar-refractivity contribution is -0.119. The first-order valence-electron chi connectivity index (χ1n) is 6.33. The van der Waals surface area contributed by atoms with Crippen LogP contribution in [0.5, 0.6) is 5.75 Å². The van der Waals surface area contributed by atoms with Gasteiger partial charge in [0.2, 0.25) is 5.91 Å². The summed E-state index contributed by atoms with van der Waals surface area (Å²) in [6.07, 6.45) is 0.884. The molecule has 1 aromatic carbocycles. The largest absolute Gasteiger partial charge is 0.494 e. The topological polar surface area (TPSA) is 50.4 Å². The molecule has 98 valence electrons. The maximum atomic E-state index is 12.2. The van der Waals surface area contributed by atoms with Gasteiger partial charge in [0.25, 0.3) is 0 Å². The second-order valence-electron chi connectivity index (χ2n) is 5.08. The first-order chi connectivity index (χ1) is 8.61. The average molecular weight is 248 g/mol. The number of methoxy groups -OCH3 is 1. The molecule has 1 atom stereocenters. The molecule has 0 aromatic heterocycles. The van der Waals surface area contributed by atoms with E-state index in [1.807, 2.05) is 18.2 Å². The fraction of sp³-hybridized carbons (Fsp3) is 0.500. The van der Waals surface area contributed by atoms with E-state index in [9.17, 15) is 4.79 Å². The van der Waals surface area contributed by atoms with E-state index in [2.05, 4.69) is 24.5 Å². The van der Waals surface area contributed by atoms with Gasteiger partial charge >= 0.3 is 0 Å². The smallest absolute Gasteiger partial charge is 0.229 e. The summed E-state index contributed by atoms with van der Waals surface area (Å²) in [7, 11) is 1.61. The number of amides is 1. The summed E-state index contributed by atoms with van der Waals surface area (Å²) in [5.74, 6) is 1.27. The second kappa shape index (κ2) is 5.29. The maximum Gasteiger partial charge on any atom is 0.229 e. The summed E-state index contributed by atoms with van der Waals surface area (Å²) >= 11 is 0. The first kappa shape index (κ1) is 12.7. The van der Waals surface area contributed by atoms with E-state index >= 15 is 0 Å². The molecular formula is C14H20N2O2. The zero-order valence-electron chi connectivity index (χ0n) is 11.1. The highest BCUT2D eigenvalue weighted by atomic mass is 16.5. The van der Waals surface area contributed by atoms with Crippen molar-refractivity contribution in [2.24, 2.45) is 11.8 Å². The number of hydrogen-bond acceptors (Lipinski definition) is 3. The minimum Gasteiger partial charge on any atom is -0.494 e. The van der Waals surface area contributed by atoms with Crippen LogP contribution < -0.4 is 15.4 Å². The van der Waals surface area contributed by atoms with Crippen LogP contribution in [0.15, 0.2) is 18.2 Å². The number of anilines is 2. The van der Waals surface area contributed by atoms with Gasteiger partial charge in [0.15, 0.2) is 0 Å². The average Bonchev–Trinajstić information content (AvgIpc) is 2.49. The number of nitrogens with one attached hydrogen (secondary N) is 2. The number of fused-ring (bicyclic) bond motifs is 1. The Bertz CT molecular complexity index is 443. The van der Waals surface area contributed by atoms with Gasteiger partial charge < -0.3 is 15.4 Å². The zero-order valence-corrected chi connectivity index (χ0v) is 11.1. The van der Waals surface area contributed by atoms with E-state index in [-0.39, 0.29) is 11.8 Å². The number of para-hydroxylation sites is 1. The Labute approximate surface area is 108 Å². The summed E-state index contributed by atoms with van der Waals surface area (Å²) < 4.78 is 5.28. The van der Waals surface area contributed by atoms with Gasteiger partial charge in [-0.2, -0.15) is 0 Å². The Balaban J connectivity index is 2.25. The van der Waals surface area contributed by atoms with Gasteiger partial charge in [-0.05, 0) is 24.5 Å². The Kier molecular flexibility index (Phi) is 3.75. The minimum atomic E-state index is 0.00195. The number of ether oxygens (including phenoxy) is 1. The monoisotopic (exact) mass is 248 g/mol. The Hall–Kier alpha value is -1.71. The van der Waals surface area contributed by atoms with Crippen LogP contribution in [0.1, 0.15) is 20.3 Å². The molecule has 0 radical (unpaired) electrons. The molecule has 1 aromatic rings. The van der Waals surface area contributed by atoms with Crippen molar-refractivity contribution in [3.05, 3.63) is 18.2 Å². The van der Waals surface area contributed by atoms with Crippen molar-refractivity contribution in [2.75, 3.05) is 24.3 Å². The van der Waals surface area contributed by atoms with Crippen LogP contribution in [-0.4, -0.2) is 19.6 Å². The molecule has 1 aliphatic heterocycles. The molecule has 0 saturated heterocycles. The molecule has 0 spiro atoms. The van der Waals surface area contributed by atoms with Crippen molar-refractivity contribution in [2.45, 2.75) is 20.3 Å². The third kappa shape index (κ3) is 2.58. The van der Waals surface area contributed by atoms with Crippen LogP contribution in [0.2, 0.25) is 0 Å². The molecule has 4 heteroatoms. The summed E-state index contributed by atoms with van der Waals surface area (Å²) in [5.41, 5.74) is 1.67. The van der Waals surface area contributed by atoms with E-state index < -0.39 is 0 Å². The summed E-state index contributed by atoms with van der Waals surface area (Å²) in [6.45, 7) is 4.93. The lowest BCUT2D eigenvalue weighted by Gasteiger charge is -2.15. The van der Waals surface area contributed by atoms with Gasteiger partial charge in [-0.1, -0.05) is 19.9 Å². The van der Waals surface area contributed by atoms with Gasteiger partial charge in [-0.15, -0.1) is 0 Å². The fourth-order valence-electron chi connectivity index (χ4n) is 2.29. The molecule has 2 rings (SSSR count). The maximum absolute atomic E-state index is 12.2. The normalized spacial score (nSPS) is 18.7. The third-order valence-corrected chi connectivity index (χ3v) is 3.16. The summed E-state index contributed by atoms with van der Waals surface area (Å²) in [5, 5.41) is 6.29. The third-order valence-electron chi connectivity index (χ3n) is 3.16. The minimum absolute atomic E-state index is 0.00195. The van der Waals surface area contributed by atoms with Crippen molar-refractivity contribution in [1.29, 1.82) is 0 Å². The molecule has 1 heterocycles. The molecule has 4 nitrogen and oxygen atoms in total. The molecular weight excluding hydrogens is 228 g/mol. The molecule has 1 unspecified atom stereocenters. The van der Waals surface area contributed by atoms with Crippen LogP contribution in [0.4, 0.5) is 11.4 Å². The van der Waals surface area contributed by atoms with Crippen LogP contribution in [0, 0.1) is 11.8 Å². The Morgan fingerprint density at radius 1 is 1.44 bits per heavy atom. The quantitative estimate of drug-likeness (QED) is 0.864. The molecule has 0 aliphatic carbocycles. The number of rotatable bonds is 3. The zero-order chi connectivity index (χ0) is 13.1. The second-order valence-corrected chi connectivity index (χ2v) is 5.08. The van der Waals surface area contributed by atoms with E-state index in [0.29, 0.717) is 18.2 Å². The molecule has 0 bridgehead atoms. The van der Waals surface area contributed by atoms with Crippen molar-refractivity contribution in [3.63, 3.8) is 0 Å². The number of benzene rings is 1. The van der Waals surface area contributed by atoms with Crippen molar-refractivity contribution < 1.29 is 9.53 Å². The van der Waals surface area contributed by atoms with Crippen molar-refractivity contribution >= 4 is 17.3 Å². The molecule has 0 saturated carbocycles. The highest BCUT2D eigenvalue weighted by Crippen LogP contribution is 2.35. The molecule has 0 fully saturated rings. The van der Waals surface area contributed by atoms with Gasteiger partial charge in [0, 0.05) is 6.54 Å². The van der Waals surface area contributed by atoms with Crippen molar-refractivity contribution in [3.8, 4) is 5.75 Å². The van der Waals surface area contributed by atoms with Crippen LogP contribution >= 0.6 is 0 Å². The SMILES string of the molecule is COc1cccc2c1NC(=O)C(CC(C)C)CN2. The molecule has 1 amide bonds. The number of hydrogen-bond donors (Lipinski definition) is 2. The predicted molar refractivity (Wildman–Crippen MR) is 73.1 cm³/mol. The van der Waals surface area contributed by atoms with E-state index in [0.717, 1.165) is 17.8 Å². The first-order valence-corrected chi connectivity index (χ1v) is 6.33. The summed E-state index contributed by atoms with van der Waals surface area (Å²) in [4.78, 5) is 12.2. The highest BCUT2D eigenvalue weighted by molar-refractivity contribution is 5.99. The van der Waals surface area contributed by atoms with Gasteiger partial charge in [0.1, 0.15) is 11.4 Å². The number of carbonyl (C=O) groups excluding carboxylic acids is 1. The summed E-state index contributed by atoms with van der Waals surface area (Å²) in [6, 6.07) is 5.72. The Morgan fingerprint density at radius 2 is 2.22 bits per heavy atom. The molecule has 1 aliphatic rings.